The van der Waals surface area contributed by atoms with Crippen LogP contribution in [0.2, 0.25) is 0 Å². The zero-order chi connectivity index (χ0) is 13.1. The van der Waals surface area contributed by atoms with Crippen LogP contribution in [0.3, 0.4) is 0 Å². The minimum Gasteiger partial charge on any atom is -0.348 e. The van der Waals surface area contributed by atoms with E-state index in [-0.39, 0.29) is 18.0 Å². The quantitative estimate of drug-likeness (QED) is 0.881. The Morgan fingerprint density at radius 3 is 2.72 bits per heavy atom. The number of hydrogen-bond acceptors (Lipinski definition) is 2. The number of nitrogens with one attached hydrogen (secondary N) is 1. The molecule has 0 saturated heterocycles. The van der Waals surface area contributed by atoms with Crippen molar-refractivity contribution < 1.29 is 9.18 Å². The number of amides is 1. The van der Waals surface area contributed by atoms with E-state index < -0.39 is 5.82 Å². The summed E-state index contributed by atoms with van der Waals surface area (Å²) in [6, 6.07) is 4.15. The molecule has 98 valence electrons. The molecule has 2 rings (SSSR count). The summed E-state index contributed by atoms with van der Waals surface area (Å²) in [6.45, 7) is 0. The monoisotopic (exact) mass is 314 g/mol. The van der Waals surface area contributed by atoms with Gasteiger partial charge in [-0.1, -0.05) is 28.8 Å². The molecule has 2 atom stereocenters. The Labute approximate surface area is 114 Å². The molecule has 1 aliphatic carbocycles. The fourth-order valence-corrected chi connectivity index (χ4v) is 2.74. The highest BCUT2D eigenvalue weighted by Crippen LogP contribution is 2.19. The minimum absolute atomic E-state index is 0.000278. The lowest BCUT2D eigenvalue weighted by molar-refractivity contribution is 0.0920. The van der Waals surface area contributed by atoms with Crippen molar-refractivity contribution in [2.75, 3.05) is 0 Å². The second-order valence-corrected chi connectivity index (χ2v) is 5.60. The van der Waals surface area contributed by atoms with Gasteiger partial charge in [-0.3, -0.25) is 4.79 Å². The Hall–Kier alpha value is -0.940. The van der Waals surface area contributed by atoms with Crippen LogP contribution < -0.4 is 11.1 Å². The Morgan fingerprint density at radius 1 is 1.33 bits per heavy atom. The molecule has 1 fully saturated rings. The topological polar surface area (TPSA) is 55.1 Å². The molecule has 3 nitrogen and oxygen atoms in total. The first kappa shape index (κ1) is 13.5. The molecule has 1 aliphatic rings. The van der Waals surface area contributed by atoms with Gasteiger partial charge in [0.15, 0.2) is 0 Å². The van der Waals surface area contributed by atoms with E-state index in [1.54, 1.807) is 6.07 Å². The number of halogens is 2. The molecular formula is C13H16BrFN2O. The second kappa shape index (κ2) is 5.80. The van der Waals surface area contributed by atoms with Gasteiger partial charge in [0.25, 0.3) is 5.91 Å². The summed E-state index contributed by atoms with van der Waals surface area (Å²) in [7, 11) is 0. The molecule has 1 amide bonds. The summed E-state index contributed by atoms with van der Waals surface area (Å²) in [4.78, 5) is 12.0. The molecule has 0 aromatic heterocycles. The van der Waals surface area contributed by atoms with Crippen LogP contribution in [0.25, 0.3) is 0 Å². The summed E-state index contributed by atoms with van der Waals surface area (Å²) in [6.07, 6.45) is 4.01. The van der Waals surface area contributed by atoms with Crippen LogP contribution in [0.4, 0.5) is 4.39 Å². The normalized spacial score (nSPS) is 23.7. The standard InChI is InChI=1S/C13H16BrFN2O/c14-9-5-8(6-10(15)7-9)13(18)17-12-4-2-1-3-11(12)16/h5-7,11-12H,1-4,16H2,(H,17,18)/t11-,12-/m1/s1. The van der Waals surface area contributed by atoms with Crippen molar-refractivity contribution in [2.45, 2.75) is 37.8 Å². The van der Waals surface area contributed by atoms with Crippen molar-refractivity contribution in [3.8, 4) is 0 Å². The van der Waals surface area contributed by atoms with E-state index in [0.717, 1.165) is 25.7 Å². The minimum atomic E-state index is -0.428. The lowest BCUT2D eigenvalue weighted by Crippen LogP contribution is -2.49. The van der Waals surface area contributed by atoms with Gasteiger partial charge in [0.05, 0.1) is 0 Å². The third-order valence-electron chi connectivity index (χ3n) is 3.26. The van der Waals surface area contributed by atoms with Crippen molar-refractivity contribution in [1.82, 2.24) is 5.32 Å². The van der Waals surface area contributed by atoms with Crippen LogP contribution >= 0.6 is 15.9 Å². The fourth-order valence-electron chi connectivity index (χ4n) is 2.28. The molecule has 1 saturated carbocycles. The number of hydrogen-bond donors (Lipinski definition) is 2. The van der Waals surface area contributed by atoms with Crippen molar-refractivity contribution in [1.29, 1.82) is 0 Å². The third-order valence-corrected chi connectivity index (χ3v) is 3.72. The van der Waals surface area contributed by atoms with Gasteiger partial charge in [-0.25, -0.2) is 4.39 Å². The first-order valence-corrected chi connectivity index (χ1v) is 6.88. The maximum atomic E-state index is 13.2. The molecule has 0 heterocycles. The van der Waals surface area contributed by atoms with Crippen molar-refractivity contribution in [2.24, 2.45) is 5.73 Å². The molecule has 0 spiro atoms. The number of carbonyl (C=O) groups is 1. The number of nitrogens with two attached hydrogens (primary N) is 1. The maximum Gasteiger partial charge on any atom is 0.251 e. The van der Waals surface area contributed by atoms with E-state index in [0.29, 0.717) is 10.0 Å². The highest BCUT2D eigenvalue weighted by Gasteiger charge is 2.23. The number of benzene rings is 1. The van der Waals surface area contributed by atoms with Gasteiger partial charge in [-0.05, 0) is 31.0 Å². The summed E-state index contributed by atoms with van der Waals surface area (Å²) in [5.41, 5.74) is 6.29. The fraction of sp³-hybridized carbons (Fsp3) is 0.462. The third kappa shape index (κ3) is 3.29. The van der Waals surface area contributed by atoms with E-state index in [2.05, 4.69) is 21.2 Å². The average molecular weight is 315 g/mol. The van der Waals surface area contributed by atoms with Crippen LogP contribution in [-0.2, 0) is 0 Å². The molecular weight excluding hydrogens is 299 g/mol. The molecule has 0 aliphatic heterocycles. The lowest BCUT2D eigenvalue weighted by Gasteiger charge is -2.29. The molecule has 18 heavy (non-hydrogen) atoms. The van der Waals surface area contributed by atoms with Gasteiger partial charge in [0, 0.05) is 22.1 Å². The molecule has 1 aromatic carbocycles. The van der Waals surface area contributed by atoms with Crippen molar-refractivity contribution >= 4 is 21.8 Å². The highest BCUT2D eigenvalue weighted by atomic mass is 79.9. The number of rotatable bonds is 2. The maximum absolute atomic E-state index is 13.2. The SMILES string of the molecule is N[C@@H]1CCCC[C@H]1NC(=O)c1cc(F)cc(Br)c1. The average Bonchev–Trinajstić information content (AvgIpc) is 2.31. The Balaban J connectivity index is 2.06. The largest absolute Gasteiger partial charge is 0.348 e. The van der Waals surface area contributed by atoms with Crippen molar-refractivity contribution in [3.05, 3.63) is 34.1 Å². The summed E-state index contributed by atoms with van der Waals surface area (Å²) in [5.74, 6) is -0.694. The highest BCUT2D eigenvalue weighted by molar-refractivity contribution is 9.10. The van der Waals surface area contributed by atoms with E-state index >= 15 is 0 Å². The Bertz CT molecular complexity index is 432. The van der Waals surface area contributed by atoms with E-state index in [9.17, 15) is 9.18 Å². The van der Waals surface area contributed by atoms with Crippen LogP contribution in [0.15, 0.2) is 22.7 Å². The van der Waals surface area contributed by atoms with Crippen LogP contribution in [-0.4, -0.2) is 18.0 Å². The van der Waals surface area contributed by atoms with Gasteiger partial charge >= 0.3 is 0 Å². The smallest absolute Gasteiger partial charge is 0.251 e. The van der Waals surface area contributed by atoms with Crippen LogP contribution in [0, 0.1) is 5.82 Å². The summed E-state index contributed by atoms with van der Waals surface area (Å²) < 4.78 is 13.8. The first-order chi connectivity index (χ1) is 8.56. The Morgan fingerprint density at radius 2 is 2.06 bits per heavy atom. The van der Waals surface area contributed by atoms with Crippen LogP contribution in [0.5, 0.6) is 0 Å². The summed E-state index contributed by atoms with van der Waals surface area (Å²) >= 11 is 3.17. The Kier molecular flexibility index (Phi) is 4.35. The second-order valence-electron chi connectivity index (χ2n) is 4.69. The predicted molar refractivity (Wildman–Crippen MR) is 71.8 cm³/mol. The zero-order valence-corrected chi connectivity index (χ0v) is 11.5. The van der Waals surface area contributed by atoms with Gasteiger partial charge in [-0.15, -0.1) is 0 Å². The molecule has 0 bridgehead atoms. The molecule has 0 unspecified atom stereocenters. The first-order valence-electron chi connectivity index (χ1n) is 6.09. The van der Waals surface area contributed by atoms with Crippen LogP contribution in [0.1, 0.15) is 36.0 Å². The molecule has 5 heteroatoms. The van der Waals surface area contributed by atoms with Gasteiger partial charge in [0.1, 0.15) is 5.82 Å². The lowest BCUT2D eigenvalue weighted by atomic mass is 9.91. The molecule has 0 radical (unpaired) electrons. The molecule has 1 aromatic rings. The number of carbonyl (C=O) groups excluding carboxylic acids is 1. The predicted octanol–water partition coefficient (Wildman–Crippen LogP) is 2.59. The van der Waals surface area contributed by atoms with E-state index in [1.807, 2.05) is 0 Å². The molecule has 3 N–H and O–H groups in total. The van der Waals surface area contributed by atoms with Gasteiger partial charge in [-0.2, -0.15) is 0 Å². The van der Waals surface area contributed by atoms with Crippen molar-refractivity contribution in [3.63, 3.8) is 0 Å². The van der Waals surface area contributed by atoms with Gasteiger partial charge < -0.3 is 11.1 Å². The zero-order valence-electron chi connectivity index (χ0n) is 9.96. The van der Waals surface area contributed by atoms with E-state index in [4.69, 9.17) is 5.73 Å². The van der Waals surface area contributed by atoms with E-state index in [1.165, 1.54) is 12.1 Å². The summed E-state index contributed by atoms with van der Waals surface area (Å²) in [5, 5.41) is 2.89. The van der Waals surface area contributed by atoms with Gasteiger partial charge in [0.2, 0.25) is 0 Å².